The van der Waals surface area contributed by atoms with E-state index in [4.69, 9.17) is 10.2 Å². The lowest BCUT2D eigenvalue weighted by atomic mass is 10.1. The number of aliphatic carboxylic acids is 2. The number of rotatable bonds is 5. The molecule has 1 atom stereocenters. The van der Waals surface area contributed by atoms with E-state index in [1.165, 1.54) is 0 Å². The number of halogens is 2. The molecular formula is C11H9F2NO5. The third-order valence-electron chi connectivity index (χ3n) is 2.18. The second kappa shape index (κ2) is 5.89. The Morgan fingerprint density at radius 1 is 1.21 bits per heavy atom. The third-order valence-corrected chi connectivity index (χ3v) is 2.18. The van der Waals surface area contributed by atoms with Crippen LogP contribution < -0.4 is 5.32 Å². The number of carboxylic acids is 2. The van der Waals surface area contributed by atoms with Gasteiger partial charge in [-0.2, -0.15) is 0 Å². The Hall–Kier alpha value is -2.51. The maximum atomic E-state index is 13.3. The minimum Gasteiger partial charge on any atom is -0.481 e. The molecule has 0 spiro atoms. The summed E-state index contributed by atoms with van der Waals surface area (Å²) in [6, 6.07) is 1.08. The Morgan fingerprint density at radius 2 is 1.84 bits per heavy atom. The first kappa shape index (κ1) is 14.6. The summed E-state index contributed by atoms with van der Waals surface area (Å²) in [7, 11) is 0. The summed E-state index contributed by atoms with van der Waals surface area (Å²) in [6.07, 6.45) is -0.877. The molecule has 0 saturated heterocycles. The van der Waals surface area contributed by atoms with Crippen molar-refractivity contribution in [2.45, 2.75) is 12.5 Å². The van der Waals surface area contributed by atoms with Crippen molar-refractivity contribution in [2.24, 2.45) is 0 Å². The standard InChI is InChI=1S/C11H9F2NO5/c12-6-3-1-2-5(9(6)13)10(17)14-7(11(18)19)4-8(15)16/h1-3,7H,4H2,(H,14,17)(H,15,16)(H,18,19)/t7-/m0/s1. The first-order chi connectivity index (χ1) is 8.82. The monoisotopic (exact) mass is 273 g/mol. The second-order valence-corrected chi connectivity index (χ2v) is 3.56. The van der Waals surface area contributed by atoms with Gasteiger partial charge in [-0.3, -0.25) is 9.59 Å². The van der Waals surface area contributed by atoms with E-state index in [2.05, 4.69) is 0 Å². The van der Waals surface area contributed by atoms with Gasteiger partial charge in [0.2, 0.25) is 0 Å². The van der Waals surface area contributed by atoms with Gasteiger partial charge in [-0.25, -0.2) is 13.6 Å². The SMILES string of the molecule is O=C(O)C[C@H](NC(=O)c1cccc(F)c1F)C(=O)O. The lowest BCUT2D eigenvalue weighted by molar-refractivity contribution is -0.145. The van der Waals surface area contributed by atoms with Gasteiger partial charge >= 0.3 is 11.9 Å². The van der Waals surface area contributed by atoms with E-state index in [9.17, 15) is 23.2 Å². The summed E-state index contributed by atoms with van der Waals surface area (Å²) in [4.78, 5) is 32.7. The number of benzene rings is 1. The molecule has 1 rings (SSSR count). The molecule has 0 saturated carbocycles. The van der Waals surface area contributed by atoms with Gasteiger partial charge in [0.1, 0.15) is 6.04 Å². The maximum absolute atomic E-state index is 13.3. The molecule has 0 unspecified atom stereocenters. The van der Waals surface area contributed by atoms with Crippen molar-refractivity contribution >= 4 is 17.8 Å². The number of hydrogen-bond acceptors (Lipinski definition) is 3. The van der Waals surface area contributed by atoms with Crippen LogP contribution in [0, 0.1) is 11.6 Å². The molecule has 1 aromatic rings. The molecule has 19 heavy (non-hydrogen) atoms. The van der Waals surface area contributed by atoms with Crippen LogP contribution in [0.25, 0.3) is 0 Å². The second-order valence-electron chi connectivity index (χ2n) is 3.56. The van der Waals surface area contributed by atoms with Gasteiger partial charge in [0.05, 0.1) is 12.0 Å². The van der Waals surface area contributed by atoms with Gasteiger partial charge in [-0.15, -0.1) is 0 Å². The first-order valence-corrected chi connectivity index (χ1v) is 5.02. The van der Waals surface area contributed by atoms with Crippen LogP contribution in [0.2, 0.25) is 0 Å². The minimum atomic E-state index is -1.73. The van der Waals surface area contributed by atoms with Crippen LogP contribution in [0.5, 0.6) is 0 Å². The van der Waals surface area contributed by atoms with Crippen molar-refractivity contribution in [3.8, 4) is 0 Å². The molecule has 6 nitrogen and oxygen atoms in total. The summed E-state index contributed by atoms with van der Waals surface area (Å²) in [5.41, 5.74) is -0.698. The fourth-order valence-electron chi connectivity index (χ4n) is 1.29. The molecule has 102 valence electrons. The Balaban J connectivity index is 2.91. The predicted octanol–water partition coefficient (Wildman–Crippen LogP) is 0.622. The van der Waals surface area contributed by atoms with E-state index < -0.39 is 47.5 Å². The Kier molecular flexibility index (Phi) is 4.51. The van der Waals surface area contributed by atoms with Crippen molar-refractivity contribution in [3.05, 3.63) is 35.4 Å². The smallest absolute Gasteiger partial charge is 0.326 e. The summed E-state index contributed by atoms with van der Waals surface area (Å²) in [5, 5.41) is 19.0. The van der Waals surface area contributed by atoms with E-state index in [1.807, 2.05) is 0 Å². The normalized spacial score (nSPS) is 11.7. The van der Waals surface area contributed by atoms with Crippen LogP contribution in [0.3, 0.4) is 0 Å². The molecule has 0 aromatic heterocycles. The fraction of sp³-hybridized carbons (Fsp3) is 0.182. The van der Waals surface area contributed by atoms with Crippen LogP contribution in [-0.2, 0) is 9.59 Å². The zero-order valence-corrected chi connectivity index (χ0v) is 9.39. The third kappa shape index (κ3) is 3.73. The molecule has 0 bridgehead atoms. The van der Waals surface area contributed by atoms with Crippen molar-refractivity contribution in [2.75, 3.05) is 0 Å². The molecule has 0 heterocycles. The Labute approximate surface area is 105 Å². The van der Waals surface area contributed by atoms with Gasteiger partial charge in [0.25, 0.3) is 5.91 Å². The predicted molar refractivity (Wildman–Crippen MR) is 57.5 cm³/mol. The van der Waals surface area contributed by atoms with Crippen LogP contribution in [-0.4, -0.2) is 34.1 Å². The van der Waals surface area contributed by atoms with E-state index in [0.717, 1.165) is 18.2 Å². The summed E-state index contributed by atoms with van der Waals surface area (Å²) < 4.78 is 26.1. The molecule has 0 aliphatic heterocycles. The molecule has 0 aliphatic carbocycles. The maximum Gasteiger partial charge on any atom is 0.326 e. The van der Waals surface area contributed by atoms with E-state index >= 15 is 0 Å². The molecule has 8 heteroatoms. The molecule has 1 amide bonds. The number of carboxylic acid groups (broad SMARTS) is 2. The number of hydrogen-bond donors (Lipinski definition) is 3. The van der Waals surface area contributed by atoms with E-state index in [-0.39, 0.29) is 0 Å². The zero-order chi connectivity index (χ0) is 14.6. The highest BCUT2D eigenvalue weighted by molar-refractivity contribution is 5.97. The molecule has 0 aliphatic rings. The zero-order valence-electron chi connectivity index (χ0n) is 9.39. The first-order valence-electron chi connectivity index (χ1n) is 5.02. The number of carbonyl (C=O) groups is 3. The van der Waals surface area contributed by atoms with Crippen molar-refractivity contribution in [3.63, 3.8) is 0 Å². The van der Waals surface area contributed by atoms with Crippen molar-refractivity contribution in [1.29, 1.82) is 0 Å². The summed E-state index contributed by atoms with van der Waals surface area (Å²) >= 11 is 0. The largest absolute Gasteiger partial charge is 0.481 e. The van der Waals surface area contributed by atoms with Crippen LogP contribution >= 0.6 is 0 Å². The van der Waals surface area contributed by atoms with Crippen molar-refractivity contribution < 1.29 is 33.4 Å². The number of carbonyl (C=O) groups excluding carboxylic acids is 1. The van der Waals surface area contributed by atoms with Gasteiger partial charge < -0.3 is 15.5 Å². The quantitative estimate of drug-likeness (QED) is 0.729. The van der Waals surface area contributed by atoms with Gasteiger partial charge in [0, 0.05) is 0 Å². The Bertz CT molecular complexity index is 532. The Morgan fingerprint density at radius 3 is 2.37 bits per heavy atom. The highest BCUT2D eigenvalue weighted by atomic mass is 19.2. The molecule has 1 aromatic carbocycles. The lowest BCUT2D eigenvalue weighted by Crippen LogP contribution is -2.42. The van der Waals surface area contributed by atoms with Gasteiger partial charge in [-0.05, 0) is 12.1 Å². The molecule has 0 fully saturated rings. The summed E-state index contributed by atoms with van der Waals surface area (Å²) in [5.74, 6) is -6.94. The van der Waals surface area contributed by atoms with Crippen LogP contribution in [0.15, 0.2) is 18.2 Å². The number of amides is 1. The average molecular weight is 273 g/mol. The average Bonchev–Trinajstić information content (AvgIpc) is 2.31. The van der Waals surface area contributed by atoms with Gasteiger partial charge in [0.15, 0.2) is 11.6 Å². The van der Waals surface area contributed by atoms with E-state index in [0.29, 0.717) is 0 Å². The van der Waals surface area contributed by atoms with Crippen molar-refractivity contribution in [1.82, 2.24) is 5.32 Å². The van der Waals surface area contributed by atoms with E-state index in [1.54, 1.807) is 5.32 Å². The fourth-order valence-corrected chi connectivity index (χ4v) is 1.29. The lowest BCUT2D eigenvalue weighted by Gasteiger charge is -2.12. The number of nitrogens with one attached hydrogen (secondary N) is 1. The molecule has 0 radical (unpaired) electrons. The minimum absolute atomic E-state index is 0.698. The highest BCUT2D eigenvalue weighted by Crippen LogP contribution is 2.11. The summed E-state index contributed by atoms with van der Waals surface area (Å²) in [6.45, 7) is 0. The topological polar surface area (TPSA) is 104 Å². The van der Waals surface area contributed by atoms with Gasteiger partial charge in [-0.1, -0.05) is 6.07 Å². The van der Waals surface area contributed by atoms with Crippen LogP contribution in [0.1, 0.15) is 16.8 Å². The molecule has 3 N–H and O–H groups in total. The van der Waals surface area contributed by atoms with Crippen LogP contribution in [0.4, 0.5) is 8.78 Å². The highest BCUT2D eigenvalue weighted by Gasteiger charge is 2.25. The molecular weight excluding hydrogens is 264 g/mol.